The van der Waals surface area contributed by atoms with E-state index in [0.29, 0.717) is 10.0 Å². The van der Waals surface area contributed by atoms with Gasteiger partial charge in [0.25, 0.3) is 0 Å². The molecule has 0 saturated heterocycles. The lowest BCUT2D eigenvalue weighted by Gasteiger charge is -2.20. The Hall–Kier alpha value is -0.290. The average molecular weight is 420 g/mol. The molecular weight excluding hydrogens is 404 g/mol. The molecule has 0 heterocycles. The van der Waals surface area contributed by atoms with Crippen molar-refractivity contribution < 1.29 is 0 Å². The largest absolute Gasteiger partial charge is 0.310 e. The fourth-order valence-corrected chi connectivity index (χ4v) is 3.28. The molecule has 4 heteroatoms. The molecule has 0 aromatic heterocycles. The van der Waals surface area contributed by atoms with E-state index in [1.54, 1.807) is 0 Å². The Balaban J connectivity index is 2.25. The number of rotatable bonds is 5. The van der Waals surface area contributed by atoms with Crippen LogP contribution in [0, 0.1) is 3.57 Å². The highest BCUT2D eigenvalue weighted by molar-refractivity contribution is 14.1. The van der Waals surface area contributed by atoms with Crippen LogP contribution in [0.2, 0.25) is 10.0 Å². The van der Waals surface area contributed by atoms with Crippen molar-refractivity contribution in [3.8, 4) is 0 Å². The van der Waals surface area contributed by atoms with Crippen LogP contribution in [0.3, 0.4) is 0 Å². The van der Waals surface area contributed by atoms with Gasteiger partial charge in [0.05, 0.1) is 10.0 Å². The maximum Gasteiger partial charge on any atom is 0.0595 e. The number of hydrogen-bond acceptors (Lipinski definition) is 1. The van der Waals surface area contributed by atoms with E-state index >= 15 is 0 Å². The molecule has 1 atom stereocenters. The summed E-state index contributed by atoms with van der Waals surface area (Å²) >= 11 is 14.5. The van der Waals surface area contributed by atoms with Crippen molar-refractivity contribution in [3.63, 3.8) is 0 Å². The van der Waals surface area contributed by atoms with Crippen molar-refractivity contribution in [2.45, 2.75) is 19.4 Å². The fraction of sp³-hybridized carbons (Fsp3) is 0.250. The van der Waals surface area contributed by atoms with Crippen molar-refractivity contribution in [2.24, 2.45) is 0 Å². The third-order valence-corrected chi connectivity index (χ3v) is 4.88. The van der Waals surface area contributed by atoms with Gasteiger partial charge in [-0.15, -0.1) is 0 Å². The van der Waals surface area contributed by atoms with Crippen molar-refractivity contribution in [3.05, 3.63) is 67.2 Å². The van der Waals surface area contributed by atoms with Crippen LogP contribution >= 0.6 is 45.8 Å². The molecule has 20 heavy (non-hydrogen) atoms. The lowest BCUT2D eigenvalue weighted by Crippen LogP contribution is -2.23. The summed E-state index contributed by atoms with van der Waals surface area (Å²) in [5, 5.41) is 4.76. The zero-order chi connectivity index (χ0) is 14.5. The Bertz CT molecular complexity index is 586. The molecule has 1 N–H and O–H groups in total. The standard InChI is InChI=1S/C16H16Cl2IN/c1-2-20-16(12-5-3-4-6-15(12)19)10-11-7-8-13(17)14(18)9-11/h3-9,16,20H,2,10H2,1H3. The highest BCUT2D eigenvalue weighted by Crippen LogP contribution is 2.27. The molecular formula is C16H16Cl2IN. The molecule has 0 aliphatic carbocycles. The first kappa shape index (κ1) is 16.1. The first-order valence-corrected chi connectivity index (χ1v) is 8.37. The molecule has 0 fully saturated rings. The minimum Gasteiger partial charge on any atom is -0.310 e. The number of hydrogen-bond donors (Lipinski definition) is 1. The van der Waals surface area contributed by atoms with E-state index in [1.807, 2.05) is 18.2 Å². The normalized spacial score (nSPS) is 12.4. The average Bonchev–Trinajstić information content (AvgIpc) is 2.43. The van der Waals surface area contributed by atoms with Crippen molar-refractivity contribution >= 4 is 45.8 Å². The van der Waals surface area contributed by atoms with Gasteiger partial charge in [-0.2, -0.15) is 0 Å². The quantitative estimate of drug-likeness (QED) is 0.631. The Kier molecular flexibility index (Phi) is 6.15. The van der Waals surface area contributed by atoms with E-state index in [2.05, 4.69) is 59.1 Å². The summed E-state index contributed by atoms with van der Waals surface area (Å²) in [7, 11) is 0. The summed E-state index contributed by atoms with van der Waals surface area (Å²) in [4.78, 5) is 0. The van der Waals surface area contributed by atoms with Crippen LogP contribution in [0.1, 0.15) is 24.1 Å². The van der Waals surface area contributed by atoms with Gasteiger partial charge in [-0.05, 0) is 64.9 Å². The van der Waals surface area contributed by atoms with Crippen LogP contribution in [0.25, 0.3) is 0 Å². The predicted octanol–water partition coefficient (Wildman–Crippen LogP) is 5.49. The zero-order valence-corrected chi connectivity index (χ0v) is 14.8. The summed E-state index contributed by atoms with van der Waals surface area (Å²) < 4.78 is 1.27. The second kappa shape index (κ2) is 7.64. The van der Waals surface area contributed by atoms with Crippen molar-refractivity contribution in [1.29, 1.82) is 0 Å². The number of likely N-dealkylation sites (N-methyl/N-ethyl adjacent to an activating group) is 1. The predicted molar refractivity (Wildman–Crippen MR) is 95.7 cm³/mol. The highest BCUT2D eigenvalue weighted by Gasteiger charge is 2.14. The molecule has 0 bridgehead atoms. The molecule has 0 radical (unpaired) electrons. The van der Waals surface area contributed by atoms with Gasteiger partial charge >= 0.3 is 0 Å². The SMILES string of the molecule is CCNC(Cc1ccc(Cl)c(Cl)c1)c1ccccc1I. The maximum atomic E-state index is 6.10. The van der Waals surface area contributed by atoms with E-state index < -0.39 is 0 Å². The zero-order valence-electron chi connectivity index (χ0n) is 11.2. The maximum absolute atomic E-state index is 6.10. The molecule has 0 spiro atoms. The van der Waals surface area contributed by atoms with E-state index in [4.69, 9.17) is 23.2 Å². The van der Waals surface area contributed by atoms with Gasteiger partial charge in [0.2, 0.25) is 0 Å². The van der Waals surface area contributed by atoms with E-state index in [-0.39, 0.29) is 6.04 Å². The van der Waals surface area contributed by atoms with Gasteiger partial charge in [-0.3, -0.25) is 0 Å². The molecule has 0 saturated carbocycles. The lowest BCUT2D eigenvalue weighted by molar-refractivity contribution is 0.548. The van der Waals surface area contributed by atoms with Crippen LogP contribution in [-0.2, 0) is 6.42 Å². The van der Waals surface area contributed by atoms with E-state index in [0.717, 1.165) is 13.0 Å². The first-order valence-electron chi connectivity index (χ1n) is 6.53. The van der Waals surface area contributed by atoms with Gasteiger partial charge in [0, 0.05) is 9.61 Å². The molecule has 0 aliphatic rings. The van der Waals surface area contributed by atoms with Gasteiger partial charge < -0.3 is 5.32 Å². The van der Waals surface area contributed by atoms with Gasteiger partial charge in [0.15, 0.2) is 0 Å². The highest BCUT2D eigenvalue weighted by atomic mass is 127. The van der Waals surface area contributed by atoms with Gasteiger partial charge in [0.1, 0.15) is 0 Å². The molecule has 1 unspecified atom stereocenters. The second-order valence-electron chi connectivity index (χ2n) is 4.58. The summed E-state index contributed by atoms with van der Waals surface area (Å²) in [5.41, 5.74) is 2.51. The molecule has 106 valence electrons. The number of nitrogens with one attached hydrogen (secondary N) is 1. The molecule has 0 amide bonds. The molecule has 0 aliphatic heterocycles. The Morgan fingerprint density at radius 2 is 1.85 bits per heavy atom. The smallest absolute Gasteiger partial charge is 0.0595 e. The molecule has 2 aromatic rings. The van der Waals surface area contributed by atoms with Crippen molar-refractivity contribution in [2.75, 3.05) is 6.54 Å². The summed E-state index contributed by atoms with van der Waals surface area (Å²) in [6, 6.07) is 14.6. The van der Waals surface area contributed by atoms with Crippen LogP contribution in [0.4, 0.5) is 0 Å². The van der Waals surface area contributed by atoms with Crippen LogP contribution in [0.15, 0.2) is 42.5 Å². The van der Waals surface area contributed by atoms with Crippen molar-refractivity contribution in [1.82, 2.24) is 5.32 Å². The van der Waals surface area contributed by atoms with Crippen LogP contribution < -0.4 is 5.32 Å². The van der Waals surface area contributed by atoms with Gasteiger partial charge in [-0.25, -0.2) is 0 Å². The minimum absolute atomic E-state index is 0.283. The monoisotopic (exact) mass is 419 g/mol. The summed E-state index contributed by atoms with van der Waals surface area (Å²) in [6.45, 7) is 3.05. The van der Waals surface area contributed by atoms with Crippen LogP contribution in [-0.4, -0.2) is 6.54 Å². The number of halogens is 3. The third kappa shape index (κ3) is 4.10. The first-order chi connectivity index (χ1) is 9.61. The Morgan fingerprint density at radius 3 is 2.50 bits per heavy atom. The van der Waals surface area contributed by atoms with Crippen LogP contribution in [0.5, 0.6) is 0 Å². The fourth-order valence-electron chi connectivity index (χ4n) is 2.20. The minimum atomic E-state index is 0.283. The lowest BCUT2D eigenvalue weighted by atomic mass is 9.99. The summed E-state index contributed by atoms with van der Waals surface area (Å²) in [5.74, 6) is 0. The molecule has 1 nitrogen and oxygen atoms in total. The van der Waals surface area contributed by atoms with E-state index in [1.165, 1.54) is 14.7 Å². The Morgan fingerprint density at radius 1 is 1.10 bits per heavy atom. The second-order valence-corrected chi connectivity index (χ2v) is 6.56. The number of benzene rings is 2. The molecule has 2 rings (SSSR count). The van der Waals surface area contributed by atoms with Gasteiger partial charge in [-0.1, -0.05) is 54.4 Å². The topological polar surface area (TPSA) is 12.0 Å². The Labute approximate surface area is 143 Å². The molecule has 2 aromatic carbocycles. The third-order valence-electron chi connectivity index (χ3n) is 3.16. The van der Waals surface area contributed by atoms with E-state index in [9.17, 15) is 0 Å². The summed E-state index contributed by atoms with van der Waals surface area (Å²) in [6.07, 6.45) is 0.894.